The molecule has 0 radical (unpaired) electrons. The maximum absolute atomic E-state index is 12.4. The summed E-state index contributed by atoms with van der Waals surface area (Å²) in [6, 6.07) is 5.80. The van der Waals surface area contributed by atoms with Gasteiger partial charge in [0.15, 0.2) is 0 Å². The Morgan fingerprint density at radius 3 is 2.79 bits per heavy atom. The van der Waals surface area contributed by atoms with E-state index in [4.69, 9.17) is 5.73 Å². The van der Waals surface area contributed by atoms with Crippen LogP contribution in [0.3, 0.4) is 0 Å². The third-order valence-electron chi connectivity index (χ3n) is 3.70. The van der Waals surface area contributed by atoms with E-state index in [1.807, 2.05) is 17.0 Å². The van der Waals surface area contributed by atoms with E-state index < -0.39 is 0 Å². The monoisotopic (exact) mass is 325 g/mol. The van der Waals surface area contributed by atoms with Crippen molar-refractivity contribution in [1.29, 1.82) is 0 Å². The van der Waals surface area contributed by atoms with Crippen LogP contribution < -0.4 is 5.73 Å². The van der Waals surface area contributed by atoms with Gasteiger partial charge in [-0.05, 0) is 47.6 Å². The van der Waals surface area contributed by atoms with Gasteiger partial charge in [0.1, 0.15) is 0 Å². The van der Waals surface area contributed by atoms with E-state index in [1.54, 1.807) is 6.07 Å². The van der Waals surface area contributed by atoms with Crippen LogP contribution in [0.1, 0.15) is 24.2 Å². The van der Waals surface area contributed by atoms with E-state index in [2.05, 4.69) is 34.7 Å². The molecule has 104 valence electrons. The van der Waals surface area contributed by atoms with Crippen LogP contribution in [-0.4, -0.2) is 47.9 Å². The first-order chi connectivity index (χ1) is 9.02. The molecular weight excluding hydrogens is 306 g/mol. The average molecular weight is 326 g/mol. The number of carbonyl (C=O) groups excluding carboxylic acids is 1. The predicted molar refractivity (Wildman–Crippen MR) is 81.2 cm³/mol. The van der Waals surface area contributed by atoms with Crippen LogP contribution >= 0.6 is 15.9 Å². The number of amides is 1. The summed E-state index contributed by atoms with van der Waals surface area (Å²) in [6.07, 6.45) is 0. The van der Waals surface area contributed by atoms with E-state index in [-0.39, 0.29) is 5.91 Å². The zero-order valence-corrected chi connectivity index (χ0v) is 13.0. The summed E-state index contributed by atoms with van der Waals surface area (Å²) in [5.74, 6) is 0.0711. The summed E-state index contributed by atoms with van der Waals surface area (Å²) in [7, 11) is 0. The van der Waals surface area contributed by atoms with Gasteiger partial charge in [-0.3, -0.25) is 9.69 Å². The van der Waals surface area contributed by atoms with Crippen LogP contribution in [0, 0.1) is 0 Å². The number of nitrogen functional groups attached to an aromatic ring is 1. The minimum atomic E-state index is 0.0711. The van der Waals surface area contributed by atoms with Gasteiger partial charge in [0.25, 0.3) is 5.91 Å². The molecule has 1 atom stereocenters. The molecule has 1 aromatic rings. The molecule has 5 heteroatoms. The lowest BCUT2D eigenvalue weighted by molar-refractivity contribution is 0.0528. The Bertz CT molecular complexity index is 478. The fourth-order valence-corrected chi connectivity index (χ4v) is 2.76. The van der Waals surface area contributed by atoms with Crippen LogP contribution in [0.15, 0.2) is 22.7 Å². The van der Waals surface area contributed by atoms with Gasteiger partial charge in [0.05, 0.1) is 0 Å². The third-order valence-corrected chi connectivity index (χ3v) is 4.42. The molecule has 2 N–H and O–H groups in total. The normalized spacial score (nSPS) is 20.6. The summed E-state index contributed by atoms with van der Waals surface area (Å²) in [6.45, 7) is 7.86. The van der Waals surface area contributed by atoms with Crippen LogP contribution in [0.25, 0.3) is 0 Å². The number of nitrogens with two attached hydrogens (primary N) is 1. The summed E-state index contributed by atoms with van der Waals surface area (Å²) in [5, 5.41) is 0. The lowest BCUT2D eigenvalue weighted by Gasteiger charge is -2.39. The van der Waals surface area contributed by atoms with Gasteiger partial charge in [-0.2, -0.15) is 0 Å². The lowest BCUT2D eigenvalue weighted by atomic mass is 10.1. The number of likely N-dealkylation sites (N-methyl/N-ethyl adjacent to an activating group) is 1. The molecule has 19 heavy (non-hydrogen) atoms. The smallest absolute Gasteiger partial charge is 0.254 e. The Kier molecular flexibility index (Phi) is 4.47. The molecular formula is C14H20BrN3O. The van der Waals surface area contributed by atoms with Gasteiger partial charge >= 0.3 is 0 Å². The average Bonchev–Trinajstić information content (AvgIpc) is 2.41. The molecule has 1 unspecified atom stereocenters. The summed E-state index contributed by atoms with van der Waals surface area (Å²) >= 11 is 3.34. The van der Waals surface area contributed by atoms with Gasteiger partial charge in [-0.25, -0.2) is 0 Å². The molecule has 1 amide bonds. The van der Waals surface area contributed by atoms with Crippen molar-refractivity contribution in [2.45, 2.75) is 19.9 Å². The minimum absolute atomic E-state index is 0.0711. The summed E-state index contributed by atoms with van der Waals surface area (Å²) < 4.78 is 0.827. The van der Waals surface area contributed by atoms with Crippen LogP contribution in [0.4, 0.5) is 5.69 Å². The Hall–Kier alpha value is -1.07. The first-order valence-corrected chi connectivity index (χ1v) is 7.40. The largest absolute Gasteiger partial charge is 0.398 e. The van der Waals surface area contributed by atoms with Crippen molar-refractivity contribution in [3.05, 3.63) is 28.2 Å². The second-order valence-corrected chi connectivity index (χ2v) is 5.82. The van der Waals surface area contributed by atoms with Crippen molar-refractivity contribution in [3.8, 4) is 0 Å². The number of benzene rings is 1. The number of halogens is 1. The molecule has 0 saturated carbocycles. The van der Waals surface area contributed by atoms with Gasteiger partial charge < -0.3 is 10.6 Å². The van der Waals surface area contributed by atoms with Crippen molar-refractivity contribution in [2.24, 2.45) is 0 Å². The van der Waals surface area contributed by atoms with Crippen molar-refractivity contribution in [1.82, 2.24) is 9.80 Å². The lowest BCUT2D eigenvalue weighted by Crippen LogP contribution is -2.53. The summed E-state index contributed by atoms with van der Waals surface area (Å²) in [4.78, 5) is 16.7. The number of rotatable bonds is 2. The third kappa shape index (κ3) is 3.09. The molecule has 2 rings (SSSR count). The molecule has 1 heterocycles. The summed E-state index contributed by atoms with van der Waals surface area (Å²) in [5.41, 5.74) is 7.10. The van der Waals surface area contributed by atoms with Crippen LogP contribution in [-0.2, 0) is 0 Å². The molecule has 1 aliphatic rings. The Morgan fingerprint density at radius 2 is 2.21 bits per heavy atom. The van der Waals surface area contributed by atoms with Crippen LogP contribution in [0.2, 0.25) is 0 Å². The zero-order valence-electron chi connectivity index (χ0n) is 11.4. The maximum Gasteiger partial charge on any atom is 0.254 e. The maximum atomic E-state index is 12.4. The fraction of sp³-hybridized carbons (Fsp3) is 0.500. The number of carbonyl (C=O) groups is 1. The quantitative estimate of drug-likeness (QED) is 0.848. The Morgan fingerprint density at radius 1 is 1.47 bits per heavy atom. The van der Waals surface area contributed by atoms with Crippen molar-refractivity contribution >= 4 is 27.5 Å². The number of anilines is 1. The van der Waals surface area contributed by atoms with Gasteiger partial charge in [0.2, 0.25) is 0 Å². The van der Waals surface area contributed by atoms with Gasteiger partial charge in [0, 0.05) is 41.4 Å². The molecule has 0 aromatic heterocycles. The molecule has 1 saturated heterocycles. The van der Waals surface area contributed by atoms with E-state index in [0.29, 0.717) is 17.3 Å². The van der Waals surface area contributed by atoms with E-state index in [1.165, 1.54) is 0 Å². The van der Waals surface area contributed by atoms with Crippen molar-refractivity contribution < 1.29 is 4.79 Å². The van der Waals surface area contributed by atoms with E-state index in [0.717, 1.165) is 30.7 Å². The van der Waals surface area contributed by atoms with Crippen molar-refractivity contribution in [3.63, 3.8) is 0 Å². The second kappa shape index (κ2) is 5.92. The SMILES string of the molecule is CCN1CCN(C(=O)c2ccc(Br)c(N)c2)CC1C. The highest BCUT2D eigenvalue weighted by molar-refractivity contribution is 9.10. The highest BCUT2D eigenvalue weighted by Gasteiger charge is 2.26. The van der Waals surface area contributed by atoms with Gasteiger partial charge in [-0.15, -0.1) is 0 Å². The second-order valence-electron chi connectivity index (χ2n) is 4.97. The van der Waals surface area contributed by atoms with E-state index in [9.17, 15) is 4.79 Å². The molecule has 1 fully saturated rings. The molecule has 4 nitrogen and oxygen atoms in total. The number of piperazine rings is 1. The molecule has 1 aromatic carbocycles. The fourth-order valence-electron chi connectivity index (χ4n) is 2.51. The topological polar surface area (TPSA) is 49.6 Å². The highest BCUT2D eigenvalue weighted by Crippen LogP contribution is 2.21. The number of hydrogen-bond donors (Lipinski definition) is 1. The Balaban J connectivity index is 2.10. The Labute approximate surface area is 122 Å². The molecule has 0 aliphatic carbocycles. The minimum Gasteiger partial charge on any atom is -0.398 e. The first-order valence-electron chi connectivity index (χ1n) is 6.61. The van der Waals surface area contributed by atoms with Gasteiger partial charge in [-0.1, -0.05) is 6.92 Å². The van der Waals surface area contributed by atoms with Crippen LogP contribution in [0.5, 0.6) is 0 Å². The zero-order chi connectivity index (χ0) is 14.0. The standard InChI is InChI=1S/C14H20BrN3O/c1-3-17-6-7-18(9-10(17)2)14(19)11-4-5-12(15)13(16)8-11/h4-5,8,10H,3,6-7,9,16H2,1-2H3. The molecule has 1 aliphatic heterocycles. The van der Waals surface area contributed by atoms with E-state index >= 15 is 0 Å². The first kappa shape index (κ1) is 14.3. The number of nitrogens with zero attached hydrogens (tertiary/aromatic N) is 2. The predicted octanol–water partition coefficient (Wildman–Crippen LogP) is 2.20. The number of hydrogen-bond acceptors (Lipinski definition) is 3. The van der Waals surface area contributed by atoms with Crippen molar-refractivity contribution in [2.75, 3.05) is 31.9 Å². The highest BCUT2D eigenvalue weighted by atomic mass is 79.9. The molecule has 0 spiro atoms. The molecule has 0 bridgehead atoms.